The van der Waals surface area contributed by atoms with E-state index in [9.17, 15) is 20.1 Å². The number of aliphatic hydroxyl groups is 5. The maximum atomic E-state index is 11.1. The minimum absolute atomic E-state index is 0.0151. The highest BCUT2D eigenvalue weighted by Gasteiger charge is 2.33. The average molecular weight is 223 g/mol. The number of carbonyl (C=O) groups is 1. The summed E-state index contributed by atoms with van der Waals surface area (Å²) < 4.78 is 0. The van der Waals surface area contributed by atoms with Crippen LogP contribution in [0.15, 0.2) is 0 Å². The van der Waals surface area contributed by atoms with Crippen molar-refractivity contribution < 1.29 is 30.3 Å². The minimum atomic E-state index is -1.84. The Balaban J connectivity index is 4.29. The van der Waals surface area contributed by atoms with Crippen LogP contribution in [0.2, 0.25) is 0 Å². The van der Waals surface area contributed by atoms with Crippen LogP contribution in [0.5, 0.6) is 0 Å². The van der Waals surface area contributed by atoms with Crippen LogP contribution < -0.4 is 5.73 Å². The number of carbonyl (C=O) groups excluding carboxylic acids is 1. The molecule has 0 bridgehead atoms. The molecule has 0 fully saturated rings. The molecule has 0 unspecified atom stereocenters. The second-order valence-electron chi connectivity index (χ2n) is 3.18. The maximum Gasteiger partial charge on any atom is 0.165 e. The van der Waals surface area contributed by atoms with Crippen molar-refractivity contribution in [1.82, 2.24) is 0 Å². The van der Waals surface area contributed by atoms with Crippen LogP contribution in [-0.2, 0) is 4.79 Å². The Morgan fingerprint density at radius 3 is 2.07 bits per heavy atom. The summed E-state index contributed by atoms with van der Waals surface area (Å²) >= 11 is 0. The predicted molar refractivity (Wildman–Crippen MR) is 49.8 cm³/mol. The number of nitrogens with two attached hydrogens (primary N) is 1. The SMILES string of the molecule is NCCC(=O)[C@@H](O)[C@@H](O)[C@H](O)[C@H](O)CO. The van der Waals surface area contributed by atoms with Crippen molar-refractivity contribution in [3.8, 4) is 0 Å². The molecule has 0 rings (SSSR count). The van der Waals surface area contributed by atoms with E-state index in [1.54, 1.807) is 0 Å². The number of rotatable bonds is 7. The van der Waals surface area contributed by atoms with Crippen LogP contribution in [0.3, 0.4) is 0 Å². The molecule has 7 heteroatoms. The molecule has 0 saturated carbocycles. The maximum absolute atomic E-state index is 11.1. The highest BCUT2D eigenvalue weighted by Crippen LogP contribution is 2.07. The molecule has 0 saturated heterocycles. The Bertz CT molecular complexity index is 200. The van der Waals surface area contributed by atoms with Crippen molar-refractivity contribution >= 4 is 5.78 Å². The van der Waals surface area contributed by atoms with Gasteiger partial charge in [0, 0.05) is 6.42 Å². The second-order valence-corrected chi connectivity index (χ2v) is 3.18. The lowest BCUT2D eigenvalue weighted by Crippen LogP contribution is -2.48. The fraction of sp³-hybridized carbons (Fsp3) is 0.875. The monoisotopic (exact) mass is 223 g/mol. The summed E-state index contributed by atoms with van der Waals surface area (Å²) in [7, 11) is 0. The summed E-state index contributed by atoms with van der Waals surface area (Å²) in [6.45, 7) is -0.767. The van der Waals surface area contributed by atoms with Gasteiger partial charge in [-0.3, -0.25) is 4.79 Å². The fourth-order valence-corrected chi connectivity index (χ4v) is 1.00. The molecule has 4 atom stereocenters. The zero-order chi connectivity index (χ0) is 12.0. The molecule has 0 aliphatic rings. The molecule has 0 spiro atoms. The first-order chi connectivity index (χ1) is 6.95. The Labute approximate surface area is 86.8 Å². The van der Waals surface area contributed by atoms with E-state index in [4.69, 9.17) is 15.9 Å². The van der Waals surface area contributed by atoms with E-state index in [2.05, 4.69) is 0 Å². The molecule has 15 heavy (non-hydrogen) atoms. The largest absolute Gasteiger partial charge is 0.394 e. The summed E-state index contributed by atoms with van der Waals surface area (Å²) in [6.07, 6.45) is -7.19. The van der Waals surface area contributed by atoms with Gasteiger partial charge in [-0.25, -0.2) is 0 Å². The number of ketones is 1. The van der Waals surface area contributed by atoms with Crippen molar-refractivity contribution in [2.24, 2.45) is 5.73 Å². The van der Waals surface area contributed by atoms with Crippen LogP contribution in [0, 0.1) is 0 Å². The van der Waals surface area contributed by atoms with Crippen molar-refractivity contribution in [2.45, 2.75) is 30.8 Å². The summed E-state index contributed by atoms with van der Waals surface area (Å²) in [5.41, 5.74) is 5.06. The molecular weight excluding hydrogens is 206 g/mol. The van der Waals surface area contributed by atoms with E-state index < -0.39 is 36.8 Å². The molecule has 0 aliphatic carbocycles. The molecule has 0 amide bonds. The van der Waals surface area contributed by atoms with Gasteiger partial charge in [0.15, 0.2) is 5.78 Å². The van der Waals surface area contributed by atoms with E-state index in [-0.39, 0.29) is 13.0 Å². The van der Waals surface area contributed by atoms with Gasteiger partial charge in [-0.1, -0.05) is 0 Å². The number of Topliss-reactive ketones (excluding diaryl/α,β-unsaturated/α-hetero) is 1. The van der Waals surface area contributed by atoms with Crippen LogP contribution >= 0.6 is 0 Å². The van der Waals surface area contributed by atoms with Gasteiger partial charge in [0.25, 0.3) is 0 Å². The molecule has 0 aromatic rings. The molecule has 0 aromatic carbocycles. The van der Waals surface area contributed by atoms with Gasteiger partial charge in [-0.05, 0) is 6.54 Å². The first-order valence-electron chi connectivity index (χ1n) is 4.51. The van der Waals surface area contributed by atoms with E-state index in [0.29, 0.717) is 0 Å². The van der Waals surface area contributed by atoms with Gasteiger partial charge < -0.3 is 31.3 Å². The fourth-order valence-electron chi connectivity index (χ4n) is 1.00. The quantitative estimate of drug-likeness (QED) is 0.261. The second kappa shape index (κ2) is 6.83. The average Bonchev–Trinajstić information content (AvgIpc) is 2.25. The van der Waals surface area contributed by atoms with E-state index in [1.807, 2.05) is 0 Å². The van der Waals surface area contributed by atoms with Gasteiger partial charge >= 0.3 is 0 Å². The molecular formula is C8H17NO6. The van der Waals surface area contributed by atoms with Crippen LogP contribution in [0.25, 0.3) is 0 Å². The van der Waals surface area contributed by atoms with E-state index >= 15 is 0 Å². The van der Waals surface area contributed by atoms with Crippen molar-refractivity contribution in [1.29, 1.82) is 0 Å². The molecule has 0 aliphatic heterocycles. The van der Waals surface area contributed by atoms with Crippen LogP contribution in [0.1, 0.15) is 6.42 Å². The Hall–Kier alpha value is -0.570. The van der Waals surface area contributed by atoms with Crippen LogP contribution in [0.4, 0.5) is 0 Å². The minimum Gasteiger partial charge on any atom is -0.394 e. The van der Waals surface area contributed by atoms with Crippen molar-refractivity contribution in [3.63, 3.8) is 0 Å². The van der Waals surface area contributed by atoms with E-state index in [1.165, 1.54) is 0 Å². The lowest BCUT2D eigenvalue weighted by Gasteiger charge is -2.24. The van der Waals surface area contributed by atoms with Gasteiger partial charge in [0.05, 0.1) is 6.61 Å². The number of aliphatic hydroxyl groups excluding tert-OH is 5. The van der Waals surface area contributed by atoms with Crippen LogP contribution in [-0.4, -0.2) is 68.9 Å². The number of hydrogen-bond donors (Lipinski definition) is 6. The summed E-state index contributed by atoms with van der Waals surface area (Å²) in [5, 5.41) is 45.1. The normalized spacial score (nSPS) is 19.3. The molecule has 7 N–H and O–H groups in total. The Kier molecular flexibility index (Phi) is 6.57. The third-order valence-electron chi connectivity index (χ3n) is 1.98. The zero-order valence-electron chi connectivity index (χ0n) is 8.15. The highest BCUT2D eigenvalue weighted by atomic mass is 16.4. The van der Waals surface area contributed by atoms with Crippen molar-refractivity contribution in [2.75, 3.05) is 13.2 Å². The topological polar surface area (TPSA) is 144 Å². The highest BCUT2D eigenvalue weighted by molar-refractivity contribution is 5.83. The smallest absolute Gasteiger partial charge is 0.165 e. The molecule has 0 radical (unpaired) electrons. The molecule has 7 nitrogen and oxygen atoms in total. The van der Waals surface area contributed by atoms with E-state index in [0.717, 1.165) is 0 Å². The summed E-state index contributed by atoms with van der Waals surface area (Å²) in [5.74, 6) is -0.728. The standard InChI is InChI=1S/C8H17NO6/c9-2-1-4(11)6(13)8(15)7(14)5(12)3-10/h5-8,10,12-15H,1-3,9H2/t5-,6-,7-,8-/m1/s1. The first-order valence-corrected chi connectivity index (χ1v) is 4.51. The molecule has 90 valence electrons. The summed E-state index contributed by atoms with van der Waals surface area (Å²) in [6, 6.07) is 0. The van der Waals surface area contributed by atoms with Crippen molar-refractivity contribution in [3.05, 3.63) is 0 Å². The molecule has 0 heterocycles. The molecule has 0 aromatic heterocycles. The third-order valence-corrected chi connectivity index (χ3v) is 1.98. The first kappa shape index (κ1) is 14.4. The van der Waals surface area contributed by atoms with Gasteiger partial charge in [-0.15, -0.1) is 0 Å². The Morgan fingerprint density at radius 2 is 1.67 bits per heavy atom. The lowest BCUT2D eigenvalue weighted by atomic mass is 9.99. The predicted octanol–water partition coefficient (Wildman–Crippen LogP) is -3.66. The van der Waals surface area contributed by atoms with Gasteiger partial charge in [0.2, 0.25) is 0 Å². The summed E-state index contributed by atoms with van der Waals surface area (Å²) in [4.78, 5) is 11.1. The third kappa shape index (κ3) is 4.20. The number of hydrogen-bond acceptors (Lipinski definition) is 7. The Morgan fingerprint density at radius 1 is 1.13 bits per heavy atom. The van der Waals surface area contributed by atoms with Gasteiger partial charge in [-0.2, -0.15) is 0 Å². The lowest BCUT2D eigenvalue weighted by molar-refractivity contribution is -0.146. The zero-order valence-corrected chi connectivity index (χ0v) is 8.15. The van der Waals surface area contributed by atoms with Gasteiger partial charge in [0.1, 0.15) is 24.4 Å².